The van der Waals surface area contributed by atoms with Crippen molar-refractivity contribution in [2.45, 2.75) is 18.9 Å². The van der Waals surface area contributed by atoms with Crippen molar-refractivity contribution < 1.29 is 9.47 Å². The van der Waals surface area contributed by atoms with Gasteiger partial charge in [-0.2, -0.15) is 15.0 Å². The normalized spacial score (nSPS) is 23.4. The molecule has 3 rings (SSSR count). The van der Waals surface area contributed by atoms with Gasteiger partial charge in [0, 0.05) is 33.3 Å². The molecule has 116 valence electrons. The number of methoxy groups -OCH3 is 1. The molecule has 3 heterocycles. The number of hydrogen-bond donors (Lipinski definition) is 1. The number of morpholine rings is 1. The van der Waals surface area contributed by atoms with E-state index in [1.165, 1.54) is 0 Å². The first-order valence-corrected chi connectivity index (χ1v) is 7.38. The molecular formula is C13H22N6O2. The maximum Gasteiger partial charge on any atom is 0.232 e. The molecule has 1 atom stereocenters. The lowest BCUT2D eigenvalue weighted by atomic mass is 10.1. The molecule has 2 N–H and O–H groups in total. The summed E-state index contributed by atoms with van der Waals surface area (Å²) < 4.78 is 10.8. The third-order valence-electron chi connectivity index (χ3n) is 3.92. The van der Waals surface area contributed by atoms with Crippen LogP contribution >= 0.6 is 0 Å². The molecule has 2 fully saturated rings. The van der Waals surface area contributed by atoms with Crippen LogP contribution in [0.3, 0.4) is 0 Å². The molecule has 2 aliphatic rings. The lowest BCUT2D eigenvalue weighted by Gasteiger charge is -2.33. The maximum absolute atomic E-state index is 5.86. The first-order chi connectivity index (χ1) is 10.3. The van der Waals surface area contributed by atoms with E-state index in [0.717, 1.165) is 39.0 Å². The minimum atomic E-state index is 0.226. The number of ether oxygens (including phenoxy) is 2. The average Bonchev–Trinajstić information content (AvgIpc) is 2.55. The summed E-state index contributed by atoms with van der Waals surface area (Å²) in [5, 5.41) is 0. The van der Waals surface area contributed by atoms with Crippen LogP contribution in [0.25, 0.3) is 0 Å². The molecule has 0 radical (unpaired) electrons. The van der Waals surface area contributed by atoms with E-state index in [9.17, 15) is 0 Å². The number of anilines is 3. The Labute approximate surface area is 124 Å². The molecular weight excluding hydrogens is 272 g/mol. The van der Waals surface area contributed by atoms with E-state index < -0.39 is 0 Å². The van der Waals surface area contributed by atoms with Crippen LogP contribution in [0.15, 0.2) is 0 Å². The van der Waals surface area contributed by atoms with Crippen molar-refractivity contribution in [3.05, 3.63) is 0 Å². The van der Waals surface area contributed by atoms with Crippen LogP contribution in [0.4, 0.5) is 17.8 Å². The molecule has 8 nitrogen and oxygen atoms in total. The van der Waals surface area contributed by atoms with Gasteiger partial charge in [0.05, 0.1) is 19.3 Å². The number of nitrogens with two attached hydrogens (primary N) is 1. The van der Waals surface area contributed by atoms with E-state index in [2.05, 4.69) is 24.8 Å². The zero-order chi connectivity index (χ0) is 14.7. The quantitative estimate of drug-likeness (QED) is 0.827. The highest BCUT2D eigenvalue weighted by molar-refractivity contribution is 5.44. The van der Waals surface area contributed by atoms with Crippen LogP contribution in [0.1, 0.15) is 12.8 Å². The molecule has 0 saturated carbocycles. The summed E-state index contributed by atoms with van der Waals surface area (Å²) >= 11 is 0. The standard InChI is InChI=1S/C13H22N6O2/c1-20-10-3-2-4-19(9-10)13-16-11(14)15-12(17-13)18-5-7-21-8-6-18/h10H,2-9H2,1H3,(H2,14,15,16,17). The minimum Gasteiger partial charge on any atom is -0.380 e. The molecule has 0 aromatic carbocycles. The van der Waals surface area contributed by atoms with Crippen LogP contribution in [-0.2, 0) is 9.47 Å². The summed E-state index contributed by atoms with van der Waals surface area (Å²) in [4.78, 5) is 17.3. The van der Waals surface area contributed by atoms with E-state index >= 15 is 0 Å². The molecule has 1 unspecified atom stereocenters. The van der Waals surface area contributed by atoms with Crippen molar-refractivity contribution in [3.8, 4) is 0 Å². The number of nitrogen functional groups attached to an aromatic ring is 1. The highest BCUT2D eigenvalue weighted by Gasteiger charge is 2.23. The van der Waals surface area contributed by atoms with Crippen LogP contribution in [0, 0.1) is 0 Å². The van der Waals surface area contributed by atoms with Gasteiger partial charge < -0.3 is 25.0 Å². The molecule has 2 saturated heterocycles. The lowest BCUT2D eigenvalue weighted by Crippen LogP contribution is -2.41. The van der Waals surface area contributed by atoms with E-state index in [4.69, 9.17) is 15.2 Å². The Balaban J connectivity index is 1.80. The van der Waals surface area contributed by atoms with Crippen LogP contribution in [-0.4, -0.2) is 67.6 Å². The highest BCUT2D eigenvalue weighted by Crippen LogP contribution is 2.21. The van der Waals surface area contributed by atoms with Crippen molar-refractivity contribution in [2.75, 3.05) is 62.0 Å². The molecule has 0 amide bonds. The Morgan fingerprint density at radius 3 is 2.52 bits per heavy atom. The number of rotatable bonds is 3. The third kappa shape index (κ3) is 3.33. The van der Waals surface area contributed by atoms with Gasteiger partial charge in [-0.3, -0.25) is 0 Å². The first-order valence-electron chi connectivity index (χ1n) is 7.38. The fourth-order valence-electron chi connectivity index (χ4n) is 2.73. The van der Waals surface area contributed by atoms with Crippen molar-refractivity contribution in [2.24, 2.45) is 0 Å². The smallest absolute Gasteiger partial charge is 0.232 e. The third-order valence-corrected chi connectivity index (χ3v) is 3.92. The van der Waals surface area contributed by atoms with E-state index in [1.807, 2.05) is 0 Å². The summed E-state index contributed by atoms with van der Waals surface area (Å²) in [6.45, 7) is 4.66. The van der Waals surface area contributed by atoms with Crippen molar-refractivity contribution >= 4 is 17.8 Å². The number of nitrogens with zero attached hydrogens (tertiary/aromatic N) is 5. The monoisotopic (exact) mass is 294 g/mol. The van der Waals surface area contributed by atoms with Gasteiger partial charge in [-0.1, -0.05) is 0 Å². The van der Waals surface area contributed by atoms with Gasteiger partial charge in [0.2, 0.25) is 17.8 Å². The Hall–Kier alpha value is -1.67. The van der Waals surface area contributed by atoms with Crippen LogP contribution in [0.2, 0.25) is 0 Å². The molecule has 1 aromatic heterocycles. The van der Waals surface area contributed by atoms with Gasteiger partial charge in [0.15, 0.2) is 0 Å². The molecule has 0 bridgehead atoms. The molecule has 21 heavy (non-hydrogen) atoms. The zero-order valence-electron chi connectivity index (χ0n) is 12.4. The first kappa shape index (κ1) is 14.3. The van der Waals surface area contributed by atoms with Crippen molar-refractivity contribution in [1.82, 2.24) is 15.0 Å². The van der Waals surface area contributed by atoms with E-state index in [1.54, 1.807) is 7.11 Å². The van der Waals surface area contributed by atoms with Gasteiger partial charge in [0.1, 0.15) is 0 Å². The van der Waals surface area contributed by atoms with Gasteiger partial charge in [-0.05, 0) is 12.8 Å². The molecule has 0 spiro atoms. The fourth-order valence-corrected chi connectivity index (χ4v) is 2.73. The SMILES string of the molecule is COC1CCCN(c2nc(N)nc(N3CCOCC3)n2)C1. The number of aromatic nitrogens is 3. The lowest BCUT2D eigenvalue weighted by molar-refractivity contribution is 0.0889. The minimum absolute atomic E-state index is 0.226. The molecule has 2 aliphatic heterocycles. The predicted octanol–water partition coefficient (Wildman–Crippen LogP) is -0.0944. The Morgan fingerprint density at radius 2 is 1.81 bits per heavy atom. The highest BCUT2D eigenvalue weighted by atomic mass is 16.5. The second-order valence-electron chi connectivity index (χ2n) is 5.34. The van der Waals surface area contributed by atoms with Gasteiger partial charge in [-0.15, -0.1) is 0 Å². The van der Waals surface area contributed by atoms with Crippen molar-refractivity contribution in [3.63, 3.8) is 0 Å². The zero-order valence-corrected chi connectivity index (χ0v) is 12.4. The number of piperidine rings is 1. The van der Waals surface area contributed by atoms with Crippen molar-refractivity contribution in [1.29, 1.82) is 0 Å². The van der Waals surface area contributed by atoms with E-state index in [0.29, 0.717) is 25.1 Å². The predicted molar refractivity (Wildman–Crippen MR) is 79.5 cm³/mol. The maximum atomic E-state index is 5.86. The second-order valence-corrected chi connectivity index (χ2v) is 5.34. The summed E-state index contributed by atoms with van der Waals surface area (Å²) in [5.74, 6) is 1.55. The van der Waals surface area contributed by atoms with Gasteiger partial charge in [0.25, 0.3) is 0 Å². The topological polar surface area (TPSA) is 89.6 Å². The fraction of sp³-hybridized carbons (Fsp3) is 0.769. The van der Waals surface area contributed by atoms with Gasteiger partial charge >= 0.3 is 0 Å². The Morgan fingerprint density at radius 1 is 1.10 bits per heavy atom. The molecule has 0 aliphatic carbocycles. The Bertz CT molecular complexity index is 480. The largest absolute Gasteiger partial charge is 0.380 e. The summed E-state index contributed by atoms with van der Waals surface area (Å²) in [7, 11) is 1.75. The average molecular weight is 294 g/mol. The summed E-state index contributed by atoms with van der Waals surface area (Å²) in [6.07, 6.45) is 2.37. The second kappa shape index (κ2) is 6.40. The van der Waals surface area contributed by atoms with Gasteiger partial charge in [-0.25, -0.2) is 0 Å². The van der Waals surface area contributed by atoms with E-state index in [-0.39, 0.29) is 12.1 Å². The number of hydrogen-bond acceptors (Lipinski definition) is 8. The summed E-state index contributed by atoms with van der Waals surface area (Å²) in [5.41, 5.74) is 5.86. The summed E-state index contributed by atoms with van der Waals surface area (Å²) in [6, 6.07) is 0. The Kier molecular flexibility index (Phi) is 4.35. The molecule has 1 aromatic rings. The van der Waals surface area contributed by atoms with Crippen LogP contribution < -0.4 is 15.5 Å². The van der Waals surface area contributed by atoms with Crippen LogP contribution in [0.5, 0.6) is 0 Å². The molecule has 8 heteroatoms.